The van der Waals surface area contributed by atoms with E-state index in [9.17, 15) is 4.79 Å². The van der Waals surface area contributed by atoms with Gasteiger partial charge in [-0.25, -0.2) is 0 Å². The Morgan fingerprint density at radius 1 is 1.67 bits per heavy atom. The fraction of sp³-hybridized carbons (Fsp3) is 0.545. The lowest BCUT2D eigenvalue weighted by Crippen LogP contribution is -2.28. The number of likely N-dealkylation sites (tertiary alicyclic amines) is 1. The van der Waals surface area contributed by atoms with Gasteiger partial charge in [0.1, 0.15) is 0 Å². The van der Waals surface area contributed by atoms with Crippen LogP contribution in [0, 0.1) is 5.92 Å². The summed E-state index contributed by atoms with van der Waals surface area (Å²) in [6, 6.07) is 3.81. The molecular formula is C11H14ClNOS. The van der Waals surface area contributed by atoms with E-state index in [2.05, 4.69) is 0 Å². The molecule has 4 heteroatoms. The molecule has 1 aliphatic heterocycles. The van der Waals surface area contributed by atoms with Crippen LogP contribution >= 0.6 is 22.9 Å². The summed E-state index contributed by atoms with van der Waals surface area (Å²) in [7, 11) is 0. The first-order valence-corrected chi connectivity index (χ1v) is 6.61. The second-order valence-corrected chi connectivity index (χ2v) is 5.19. The highest BCUT2D eigenvalue weighted by molar-refractivity contribution is 7.12. The van der Waals surface area contributed by atoms with Crippen molar-refractivity contribution in [2.45, 2.75) is 12.8 Å². The Morgan fingerprint density at radius 2 is 2.53 bits per heavy atom. The standard InChI is InChI=1S/C11H14ClNOS/c12-5-3-9-4-6-13(8-9)11(14)10-2-1-7-15-10/h1-2,7,9H,3-6,8H2. The third-order valence-corrected chi connectivity index (χ3v) is 3.90. The Morgan fingerprint density at radius 3 is 3.20 bits per heavy atom. The molecule has 0 spiro atoms. The summed E-state index contributed by atoms with van der Waals surface area (Å²) in [6.07, 6.45) is 2.12. The summed E-state index contributed by atoms with van der Waals surface area (Å²) in [5.41, 5.74) is 0. The number of thiophene rings is 1. The van der Waals surface area contributed by atoms with Crippen molar-refractivity contribution in [3.8, 4) is 0 Å². The van der Waals surface area contributed by atoms with Crippen molar-refractivity contribution >= 4 is 28.8 Å². The van der Waals surface area contributed by atoms with Gasteiger partial charge < -0.3 is 4.90 Å². The Kier molecular flexibility index (Phi) is 3.65. The number of amides is 1. The van der Waals surface area contributed by atoms with Gasteiger partial charge in [-0.15, -0.1) is 22.9 Å². The molecule has 1 amide bonds. The fourth-order valence-electron chi connectivity index (χ4n) is 1.96. The second kappa shape index (κ2) is 4.99. The van der Waals surface area contributed by atoms with Gasteiger partial charge in [-0.05, 0) is 30.2 Å². The normalized spacial score (nSPS) is 20.9. The molecule has 0 aliphatic carbocycles. The third-order valence-electron chi connectivity index (χ3n) is 2.82. The van der Waals surface area contributed by atoms with Crippen LogP contribution < -0.4 is 0 Å². The number of alkyl halides is 1. The van der Waals surface area contributed by atoms with E-state index < -0.39 is 0 Å². The number of carbonyl (C=O) groups excluding carboxylic acids is 1. The van der Waals surface area contributed by atoms with Crippen LogP contribution in [0.5, 0.6) is 0 Å². The summed E-state index contributed by atoms with van der Waals surface area (Å²) in [5.74, 6) is 1.49. The highest BCUT2D eigenvalue weighted by atomic mass is 35.5. The van der Waals surface area contributed by atoms with Crippen LogP contribution in [0.1, 0.15) is 22.5 Å². The number of halogens is 1. The SMILES string of the molecule is O=C(c1cccs1)N1CCC(CCCl)C1. The van der Waals surface area contributed by atoms with Gasteiger partial charge in [-0.3, -0.25) is 4.79 Å². The summed E-state index contributed by atoms with van der Waals surface area (Å²) in [6.45, 7) is 1.77. The van der Waals surface area contributed by atoms with E-state index in [4.69, 9.17) is 11.6 Å². The van der Waals surface area contributed by atoms with Crippen LogP contribution in [-0.4, -0.2) is 29.8 Å². The molecule has 0 N–H and O–H groups in total. The third kappa shape index (κ3) is 2.52. The van der Waals surface area contributed by atoms with E-state index in [-0.39, 0.29) is 5.91 Å². The van der Waals surface area contributed by atoms with Crippen LogP contribution in [0.4, 0.5) is 0 Å². The molecule has 1 atom stereocenters. The minimum absolute atomic E-state index is 0.182. The zero-order valence-corrected chi connectivity index (χ0v) is 10.1. The van der Waals surface area contributed by atoms with Gasteiger partial charge in [0, 0.05) is 19.0 Å². The average molecular weight is 244 g/mol. The second-order valence-electron chi connectivity index (χ2n) is 3.86. The van der Waals surface area contributed by atoms with Gasteiger partial charge in [-0.2, -0.15) is 0 Å². The van der Waals surface area contributed by atoms with E-state index in [1.54, 1.807) is 0 Å². The van der Waals surface area contributed by atoms with Gasteiger partial charge in [0.25, 0.3) is 5.91 Å². The van der Waals surface area contributed by atoms with Crippen molar-refractivity contribution in [3.05, 3.63) is 22.4 Å². The highest BCUT2D eigenvalue weighted by Gasteiger charge is 2.26. The molecular weight excluding hydrogens is 230 g/mol. The van der Waals surface area contributed by atoms with E-state index in [1.165, 1.54) is 11.3 Å². The Balaban J connectivity index is 1.93. The van der Waals surface area contributed by atoms with E-state index >= 15 is 0 Å². The molecule has 0 bridgehead atoms. The highest BCUT2D eigenvalue weighted by Crippen LogP contribution is 2.23. The molecule has 0 saturated carbocycles. The molecule has 1 unspecified atom stereocenters. The number of hydrogen-bond acceptors (Lipinski definition) is 2. The van der Waals surface area contributed by atoms with Crippen LogP contribution in [0.3, 0.4) is 0 Å². The molecule has 0 radical (unpaired) electrons. The summed E-state index contributed by atoms with van der Waals surface area (Å²) in [5, 5.41) is 1.94. The molecule has 1 aromatic heterocycles. The summed E-state index contributed by atoms with van der Waals surface area (Å²) >= 11 is 7.22. The quantitative estimate of drug-likeness (QED) is 0.748. The van der Waals surface area contributed by atoms with Gasteiger partial charge in [0.2, 0.25) is 0 Å². The molecule has 1 aliphatic rings. The van der Waals surface area contributed by atoms with Crippen molar-refractivity contribution in [1.29, 1.82) is 0 Å². The van der Waals surface area contributed by atoms with Crippen LogP contribution in [0.2, 0.25) is 0 Å². The van der Waals surface area contributed by atoms with Crippen LogP contribution in [0.15, 0.2) is 17.5 Å². The Hall–Kier alpha value is -0.540. The first-order chi connectivity index (χ1) is 7.31. The van der Waals surface area contributed by atoms with Crippen molar-refractivity contribution in [2.24, 2.45) is 5.92 Å². The summed E-state index contributed by atoms with van der Waals surface area (Å²) in [4.78, 5) is 14.8. The molecule has 0 aromatic carbocycles. The first kappa shape index (κ1) is 11.0. The van der Waals surface area contributed by atoms with Gasteiger partial charge in [0.15, 0.2) is 0 Å². The summed E-state index contributed by atoms with van der Waals surface area (Å²) < 4.78 is 0. The van der Waals surface area contributed by atoms with E-state index in [0.29, 0.717) is 11.8 Å². The fourth-order valence-corrected chi connectivity index (χ4v) is 2.96. The number of carbonyl (C=O) groups is 1. The minimum Gasteiger partial charge on any atom is -0.338 e. The minimum atomic E-state index is 0.182. The van der Waals surface area contributed by atoms with Crippen molar-refractivity contribution in [2.75, 3.05) is 19.0 Å². The van der Waals surface area contributed by atoms with Crippen molar-refractivity contribution < 1.29 is 4.79 Å². The van der Waals surface area contributed by atoms with Gasteiger partial charge in [-0.1, -0.05) is 6.07 Å². The molecule has 2 rings (SSSR count). The zero-order valence-electron chi connectivity index (χ0n) is 8.49. The average Bonchev–Trinajstić information content (AvgIpc) is 2.87. The lowest BCUT2D eigenvalue weighted by molar-refractivity contribution is 0.0791. The van der Waals surface area contributed by atoms with Gasteiger partial charge >= 0.3 is 0 Å². The number of nitrogens with zero attached hydrogens (tertiary/aromatic N) is 1. The maximum Gasteiger partial charge on any atom is 0.263 e. The first-order valence-electron chi connectivity index (χ1n) is 5.20. The molecule has 1 fully saturated rings. The Labute approximate surface area is 98.8 Å². The zero-order chi connectivity index (χ0) is 10.7. The topological polar surface area (TPSA) is 20.3 Å². The van der Waals surface area contributed by atoms with E-state index in [1.807, 2.05) is 22.4 Å². The maximum atomic E-state index is 12.0. The molecule has 1 saturated heterocycles. The van der Waals surface area contributed by atoms with Crippen LogP contribution in [0.25, 0.3) is 0 Å². The van der Waals surface area contributed by atoms with Crippen molar-refractivity contribution in [3.63, 3.8) is 0 Å². The predicted octanol–water partition coefficient (Wildman–Crippen LogP) is 2.84. The lowest BCUT2D eigenvalue weighted by Gasteiger charge is -2.15. The molecule has 2 heterocycles. The lowest BCUT2D eigenvalue weighted by atomic mass is 10.1. The van der Waals surface area contributed by atoms with Gasteiger partial charge in [0.05, 0.1) is 4.88 Å². The molecule has 15 heavy (non-hydrogen) atoms. The monoisotopic (exact) mass is 243 g/mol. The van der Waals surface area contributed by atoms with Crippen LogP contribution in [-0.2, 0) is 0 Å². The number of hydrogen-bond donors (Lipinski definition) is 0. The number of rotatable bonds is 3. The predicted molar refractivity (Wildman–Crippen MR) is 63.7 cm³/mol. The molecule has 1 aromatic rings. The van der Waals surface area contributed by atoms with Crippen molar-refractivity contribution in [1.82, 2.24) is 4.90 Å². The maximum absolute atomic E-state index is 12.0. The Bertz CT molecular complexity index is 325. The molecule has 2 nitrogen and oxygen atoms in total. The molecule has 82 valence electrons. The largest absolute Gasteiger partial charge is 0.338 e. The smallest absolute Gasteiger partial charge is 0.263 e. The van der Waals surface area contributed by atoms with E-state index in [0.717, 1.165) is 30.8 Å².